The van der Waals surface area contributed by atoms with Gasteiger partial charge in [-0.1, -0.05) is 27.7 Å². The highest BCUT2D eigenvalue weighted by atomic mass is 32.1. The van der Waals surface area contributed by atoms with E-state index in [4.69, 9.17) is 0 Å². The van der Waals surface area contributed by atoms with Crippen LogP contribution < -0.4 is 0 Å². The summed E-state index contributed by atoms with van der Waals surface area (Å²) in [5, 5.41) is 3.38. The summed E-state index contributed by atoms with van der Waals surface area (Å²) in [4.78, 5) is 4.52. The van der Waals surface area contributed by atoms with E-state index in [0.717, 1.165) is 5.69 Å². The van der Waals surface area contributed by atoms with Gasteiger partial charge in [-0.15, -0.1) is 11.3 Å². The van der Waals surface area contributed by atoms with Gasteiger partial charge in [0.2, 0.25) is 0 Å². The molecule has 1 rings (SSSR count). The first-order chi connectivity index (χ1) is 5.44. The van der Waals surface area contributed by atoms with Crippen molar-refractivity contribution in [3.05, 3.63) is 16.1 Å². The molecule has 0 fully saturated rings. The molecule has 0 amide bonds. The van der Waals surface area contributed by atoms with Gasteiger partial charge in [-0.25, -0.2) is 4.98 Å². The average molecular weight is 183 g/mol. The van der Waals surface area contributed by atoms with Gasteiger partial charge in [-0.05, 0) is 12.8 Å². The zero-order valence-corrected chi connectivity index (χ0v) is 9.33. The maximum Gasteiger partial charge on any atom is 0.0987 e. The minimum Gasteiger partial charge on any atom is -0.246 e. The lowest BCUT2D eigenvalue weighted by Crippen LogP contribution is -2.24. The first-order valence-electron chi connectivity index (χ1n) is 4.37. The third-order valence-corrected chi connectivity index (χ3v) is 3.91. The van der Waals surface area contributed by atoms with Crippen LogP contribution in [-0.4, -0.2) is 4.98 Å². The molecule has 0 spiro atoms. The van der Waals surface area contributed by atoms with Crippen molar-refractivity contribution >= 4 is 11.3 Å². The molecule has 1 aromatic heterocycles. The number of thiazole rings is 1. The molecule has 0 aromatic carbocycles. The monoisotopic (exact) mass is 183 g/mol. The highest BCUT2D eigenvalue weighted by Crippen LogP contribution is 2.33. The molecule has 68 valence electrons. The largest absolute Gasteiger partial charge is 0.246 e. The van der Waals surface area contributed by atoms with Gasteiger partial charge in [-0.2, -0.15) is 0 Å². The Hall–Kier alpha value is -0.370. The zero-order valence-electron chi connectivity index (χ0n) is 8.51. The number of hydrogen-bond acceptors (Lipinski definition) is 2. The first-order valence-corrected chi connectivity index (χ1v) is 5.25. The van der Waals surface area contributed by atoms with E-state index in [-0.39, 0.29) is 5.41 Å². The Morgan fingerprint density at radius 1 is 1.42 bits per heavy atom. The predicted octanol–water partition coefficient (Wildman–Crippen LogP) is 3.39. The number of rotatable bonds is 2. The standard InChI is InChI=1S/C10H17NS/c1-7(2)10(4,5)9-11-8(3)6-12-9/h6-7H,1-5H3. The van der Waals surface area contributed by atoms with Crippen LogP contribution in [0.1, 0.15) is 38.4 Å². The third kappa shape index (κ3) is 1.69. The van der Waals surface area contributed by atoms with Crippen molar-refractivity contribution in [3.63, 3.8) is 0 Å². The molecular weight excluding hydrogens is 166 g/mol. The normalized spacial score (nSPS) is 12.5. The zero-order chi connectivity index (χ0) is 9.35. The number of aromatic nitrogens is 1. The topological polar surface area (TPSA) is 12.9 Å². The Bertz CT molecular complexity index is 261. The lowest BCUT2D eigenvalue weighted by molar-refractivity contribution is 0.370. The molecule has 0 saturated heterocycles. The summed E-state index contributed by atoms with van der Waals surface area (Å²) in [5.41, 5.74) is 1.36. The van der Waals surface area contributed by atoms with E-state index in [9.17, 15) is 0 Å². The van der Waals surface area contributed by atoms with Gasteiger partial charge in [0.25, 0.3) is 0 Å². The van der Waals surface area contributed by atoms with Crippen LogP contribution in [0.15, 0.2) is 5.38 Å². The second-order valence-electron chi connectivity index (χ2n) is 4.17. The molecule has 1 heterocycles. The molecular formula is C10H17NS. The fraction of sp³-hybridized carbons (Fsp3) is 0.700. The summed E-state index contributed by atoms with van der Waals surface area (Å²) in [7, 11) is 0. The Kier molecular flexibility index (Phi) is 2.57. The van der Waals surface area contributed by atoms with Crippen molar-refractivity contribution in [1.29, 1.82) is 0 Å². The van der Waals surface area contributed by atoms with Crippen LogP contribution in [0.3, 0.4) is 0 Å². The van der Waals surface area contributed by atoms with Crippen molar-refractivity contribution < 1.29 is 0 Å². The Balaban J connectivity index is 2.97. The molecule has 1 nitrogen and oxygen atoms in total. The van der Waals surface area contributed by atoms with Crippen LogP contribution in [0.4, 0.5) is 0 Å². The van der Waals surface area contributed by atoms with E-state index < -0.39 is 0 Å². The van der Waals surface area contributed by atoms with Crippen molar-refractivity contribution in [2.24, 2.45) is 5.92 Å². The summed E-state index contributed by atoms with van der Waals surface area (Å²) < 4.78 is 0. The quantitative estimate of drug-likeness (QED) is 0.685. The lowest BCUT2D eigenvalue weighted by atomic mass is 9.82. The summed E-state index contributed by atoms with van der Waals surface area (Å²) >= 11 is 1.77. The molecule has 1 aromatic rings. The van der Waals surface area contributed by atoms with Crippen LogP contribution in [0.5, 0.6) is 0 Å². The van der Waals surface area contributed by atoms with E-state index in [0.29, 0.717) is 5.92 Å². The van der Waals surface area contributed by atoms with Gasteiger partial charge >= 0.3 is 0 Å². The molecule has 12 heavy (non-hydrogen) atoms. The second-order valence-corrected chi connectivity index (χ2v) is 5.03. The van der Waals surface area contributed by atoms with Gasteiger partial charge in [0.05, 0.1) is 5.01 Å². The molecule has 0 aliphatic carbocycles. The summed E-state index contributed by atoms with van der Waals surface area (Å²) in [6.45, 7) is 11.1. The fourth-order valence-corrected chi connectivity index (χ4v) is 1.97. The van der Waals surface area contributed by atoms with Crippen molar-refractivity contribution in [2.45, 2.75) is 40.0 Å². The van der Waals surface area contributed by atoms with Crippen LogP contribution in [0, 0.1) is 12.8 Å². The Labute approximate surface area is 78.8 Å². The van der Waals surface area contributed by atoms with Crippen molar-refractivity contribution in [1.82, 2.24) is 4.98 Å². The Morgan fingerprint density at radius 2 is 2.00 bits per heavy atom. The maximum absolute atomic E-state index is 4.52. The second kappa shape index (κ2) is 3.17. The molecule has 2 heteroatoms. The van der Waals surface area contributed by atoms with Gasteiger partial charge in [0.15, 0.2) is 0 Å². The molecule has 0 aliphatic heterocycles. The molecule has 0 bridgehead atoms. The molecule has 0 radical (unpaired) electrons. The number of aryl methyl sites for hydroxylation is 1. The van der Waals surface area contributed by atoms with Gasteiger partial charge in [0, 0.05) is 16.5 Å². The smallest absolute Gasteiger partial charge is 0.0987 e. The van der Waals surface area contributed by atoms with Crippen LogP contribution >= 0.6 is 11.3 Å². The first kappa shape index (κ1) is 9.72. The molecule has 0 aliphatic rings. The van der Waals surface area contributed by atoms with Gasteiger partial charge < -0.3 is 0 Å². The number of hydrogen-bond donors (Lipinski definition) is 0. The molecule has 0 N–H and O–H groups in total. The summed E-state index contributed by atoms with van der Waals surface area (Å²) in [5.74, 6) is 0.642. The molecule has 0 saturated carbocycles. The fourth-order valence-electron chi connectivity index (χ4n) is 0.897. The van der Waals surface area contributed by atoms with E-state index in [1.807, 2.05) is 0 Å². The van der Waals surface area contributed by atoms with Crippen molar-refractivity contribution in [3.8, 4) is 0 Å². The minimum atomic E-state index is 0.221. The maximum atomic E-state index is 4.52. The van der Waals surface area contributed by atoms with E-state index >= 15 is 0 Å². The van der Waals surface area contributed by atoms with Crippen molar-refractivity contribution in [2.75, 3.05) is 0 Å². The van der Waals surface area contributed by atoms with Gasteiger partial charge in [0.1, 0.15) is 0 Å². The van der Waals surface area contributed by atoms with E-state index in [2.05, 4.69) is 45.0 Å². The molecule has 0 unspecified atom stereocenters. The lowest BCUT2D eigenvalue weighted by Gasteiger charge is -2.26. The summed E-state index contributed by atoms with van der Waals surface area (Å²) in [6, 6.07) is 0. The average Bonchev–Trinajstić information content (AvgIpc) is 2.35. The summed E-state index contributed by atoms with van der Waals surface area (Å²) in [6.07, 6.45) is 0. The van der Waals surface area contributed by atoms with Crippen LogP contribution in [0.25, 0.3) is 0 Å². The van der Waals surface area contributed by atoms with Crippen LogP contribution in [0.2, 0.25) is 0 Å². The third-order valence-electron chi connectivity index (χ3n) is 2.61. The molecule has 0 atom stereocenters. The minimum absolute atomic E-state index is 0.221. The number of nitrogens with zero attached hydrogens (tertiary/aromatic N) is 1. The highest BCUT2D eigenvalue weighted by Gasteiger charge is 2.27. The Morgan fingerprint density at radius 3 is 2.33 bits per heavy atom. The van der Waals surface area contributed by atoms with E-state index in [1.54, 1.807) is 11.3 Å². The SMILES string of the molecule is Cc1csc(C(C)(C)C(C)C)n1. The van der Waals surface area contributed by atoms with Gasteiger partial charge in [-0.3, -0.25) is 0 Å². The predicted molar refractivity (Wildman–Crippen MR) is 54.7 cm³/mol. The van der Waals surface area contributed by atoms with E-state index in [1.165, 1.54) is 5.01 Å². The highest BCUT2D eigenvalue weighted by molar-refractivity contribution is 7.09. The van der Waals surface area contributed by atoms with Crippen LogP contribution in [-0.2, 0) is 5.41 Å².